The fourth-order valence-corrected chi connectivity index (χ4v) is 0.583. The molecule has 0 saturated carbocycles. The van der Waals surface area contributed by atoms with Crippen molar-refractivity contribution < 1.29 is 9.47 Å². The first-order valence-electron chi connectivity index (χ1n) is 4.15. The minimum Gasteiger partial charge on any atom is -0.194 e. The maximum absolute atomic E-state index is 10.9. The summed E-state index contributed by atoms with van der Waals surface area (Å²) in [5, 5.41) is 0. The van der Waals surface area contributed by atoms with Gasteiger partial charge in [0.05, 0.1) is 6.61 Å². The molecule has 0 aromatic heterocycles. The van der Waals surface area contributed by atoms with E-state index in [1.165, 1.54) is 12.8 Å². The van der Waals surface area contributed by atoms with Gasteiger partial charge in [-0.15, -0.1) is 0 Å². The third-order valence-corrected chi connectivity index (χ3v) is 1.08. The Labute approximate surface area is 63.5 Å². The van der Waals surface area contributed by atoms with E-state index >= 15 is 0 Å². The molecular weight excluding hydrogens is 131 g/mol. The van der Waals surface area contributed by atoms with Gasteiger partial charge in [-0.05, 0) is 10.9 Å². The van der Waals surface area contributed by atoms with Crippen LogP contribution in [0.25, 0.3) is 0 Å². The molecule has 0 fully saturated rings. The Balaban J connectivity index is 0. The molecule has 0 rings (SSSR count). The normalized spacial score (nSPS) is 8.40. The summed E-state index contributed by atoms with van der Waals surface area (Å²) >= 11 is 0. The van der Waals surface area contributed by atoms with Crippen molar-refractivity contribution in [1.29, 1.82) is 0 Å². The predicted molar refractivity (Wildman–Crippen MR) is 42.6 cm³/mol. The Morgan fingerprint density at radius 1 is 1.10 bits per heavy atom. The van der Waals surface area contributed by atoms with E-state index in [0.717, 1.165) is 12.8 Å². The molecule has 0 aromatic carbocycles. The van der Waals surface area contributed by atoms with E-state index in [0.29, 0.717) is 0 Å². The van der Waals surface area contributed by atoms with Crippen molar-refractivity contribution >= 4 is 0 Å². The first kappa shape index (κ1) is 12.6. The topological polar surface area (TPSA) is 9.23 Å². The van der Waals surface area contributed by atoms with Crippen molar-refractivity contribution in [3.05, 3.63) is 0 Å². The van der Waals surface area contributed by atoms with Gasteiger partial charge >= 0.3 is 0 Å². The Hall–Kier alpha value is -0.110. The van der Waals surface area contributed by atoms with Crippen LogP contribution in [-0.4, -0.2) is 6.61 Å². The molecular formula is C8H19FO. The molecule has 0 unspecified atom stereocenters. The van der Waals surface area contributed by atoms with Crippen molar-refractivity contribution in [2.45, 2.75) is 46.5 Å². The standard InChI is InChI=1S/C6H13FO.C2H6/c1-2-3-4-5-6-8-7;1-2/h2-6H2,1H3;1-2H3. The molecule has 0 N–H and O–H groups in total. The molecule has 0 aliphatic rings. The van der Waals surface area contributed by atoms with Crippen LogP contribution in [0.5, 0.6) is 0 Å². The van der Waals surface area contributed by atoms with Crippen LogP contribution in [0.4, 0.5) is 4.53 Å². The van der Waals surface area contributed by atoms with Gasteiger partial charge in [-0.25, -0.2) is 0 Å². The SMILES string of the molecule is CC.CCCCCCOF. The van der Waals surface area contributed by atoms with E-state index in [1.807, 2.05) is 13.8 Å². The van der Waals surface area contributed by atoms with Crippen LogP contribution < -0.4 is 0 Å². The molecule has 0 amide bonds. The number of halogens is 1. The van der Waals surface area contributed by atoms with Gasteiger partial charge in [-0.2, -0.15) is 4.94 Å². The van der Waals surface area contributed by atoms with Crippen molar-refractivity contribution in [2.24, 2.45) is 0 Å². The lowest BCUT2D eigenvalue weighted by Gasteiger charge is -1.92. The first-order chi connectivity index (χ1) is 4.91. The summed E-state index contributed by atoms with van der Waals surface area (Å²) < 4.78 is 10.9. The molecule has 0 aliphatic carbocycles. The first-order valence-corrected chi connectivity index (χ1v) is 4.15. The Morgan fingerprint density at radius 2 is 1.70 bits per heavy atom. The van der Waals surface area contributed by atoms with Crippen molar-refractivity contribution in [2.75, 3.05) is 6.61 Å². The predicted octanol–water partition coefficient (Wildman–Crippen LogP) is 3.49. The monoisotopic (exact) mass is 150 g/mol. The average Bonchev–Trinajstić information content (AvgIpc) is 2.02. The molecule has 0 spiro atoms. The van der Waals surface area contributed by atoms with E-state index in [4.69, 9.17) is 0 Å². The summed E-state index contributed by atoms with van der Waals surface area (Å²) in [5.74, 6) is 0. The quantitative estimate of drug-likeness (QED) is 0.545. The van der Waals surface area contributed by atoms with Crippen LogP contribution >= 0.6 is 0 Å². The zero-order valence-corrected chi connectivity index (χ0v) is 7.32. The zero-order chi connectivity index (χ0) is 8.24. The van der Waals surface area contributed by atoms with E-state index in [9.17, 15) is 4.53 Å². The summed E-state index contributed by atoms with van der Waals surface area (Å²) in [7, 11) is 0. The molecule has 0 aromatic rings. The van der Waals surface area contributed by atoms with Crippen LogP contribution in [0.2, 0.25) is 0 Å². The largest absolute Gasteiger partial charge is 0.194 e. The van der Waals surface area contributed by atoms with Crippen molar-refractivity contribution in [3.8, 4) is 0 Å². The summed E-state index contributed by atoms with van der Waals surface area (Å²) in [6, 6.07) is 0. The lowest BCUT2D eigenvalue weighted by Crippen LogP contribution is -1.83. The molecule has 0 bridgehead atoms. The number of hydrogen-bond acceptors (Lipinski definition) is 1. The van der Waals surface area contributed by atoms with E-state index < -0.39 is 0 Å². The lowest BCUT2D eigenvalue weighted by molar-refractivity contribution is -0.133. The fraction of sp³-hybridized carbons (Fsp3) is 1.00. The highest BCUT2D eigenvalue weighted by Crippen LogP contribution is 1.98. The van der Waals surface area contributed by atoms with Gasteiger partial charge < -0.3 is 0 Å². The van der Waals surface area contributed by atoms with Crippen LogP contribution in [0.3, 0.4) is 0 Å². The van der Waals surface area contributed by atoms with E-state index in [1.54, 1.807) is 0 Å². The van der Waals surface area contributed by atoms with Gasteiger partial charge in [0.15, 0.2) is 0 Å². The van der Waals surface area contributed by atoms with Crippen LogP contribution in [0.1, 0.15) is 46.5 Å². The Morgan fingerprint density at radius 3 is 2.10 bits per heavy atom. The van der Waals surface area contributed by atoms with Crippen molar-refractivity contribution in [3.63, 3.8) is 0 Å². The molecule has 0 saturated heterocycles. The van der Waals surface area contributed by atoms with Crippen LogP contribution in [-0.2, 0) is 4.94 Å². The molecule has 64 valence electrons. The number of unbranched alkanes of at least 4 members (excludes halogenated alkanes) is 3. The molecule has 10 heavy (non-hydrogen) atoms. The summed E-state index contributed by atoms with van der Waals surface area (Å²) in [5.41, 5.74) is 0. The van der Waals surface area contributed by atoms with Crippen LogP contribution in [0.15, 0.2) is 0 Å². The van der Waals surface area contributed by atoms with E-state index in [-0.39, 0.29) is 6.61 Å². The molecule has 0 aliphatic heterocycles. The van der Waals surface area contributed by atoms with Gasteiger partial charge in [0.1, 0.15) is 0 Å². The second-order valence-corrected chi connectivity index (χ2v) is 1.87. The maximum Gasteiger partial charge on any atom is 0.0876 e. The molecule has 1 nitrogen and oxygen atoms in total. The van der Waals surface area contributed by atoms with Crippen LogP contribution in [0, 0.1) is 0 Å². The summed E-state index contributed by atoms with van der Waals surface area (Å²) in [4.78, 5) is 3.39. The van der Waals surface area contributed by atoms with E-state index in [2.05, 4.69) is 11.9 Å². The second-order valence-electron chi connectivity index (χ2n) is 1.87. The maximum atomic E-state index is 10.9. The van der Waals surface area contributed by atoms with Crippen molar-refractivity contribution in [1.82, 2.24) is 0 Å². The average molecular weight is 150 g/mol. The molecule has 2 heteroatoms. The van der Waals surface area contributed by atoms with Gasteiger partial charge in [0.2, 0.25) is 0 Å². The highest BCUT2D eigenvalue weighted by atomic mass is 19.3. The summed E-state index contributed by atoms with van der Waals surface area (Å²) in [6.45, 7) is 6.39. The molecule has 0 heterocycles. The summed E-state index contributed by atoms with van der Waals surface area (Å²) in [6.07, 6.45) is 4.31. The molecule has 0 radical (unpaired) electrons. The highest BCUT2D eigenvalue weighted by Gasteiger charge is 1.85. The van der Waals surface area contributed by atoms with Gasteiger partial charge in [0, 0.05) is 0 Å². The fourth-order valence-electron chi connectivity index (χ4n) is 0.583. The van der Waals surface area contributed by atoms with Gasteiger partial charge in [-0.3, -0.25) is 0 Å². The Kier molecular flexibility index (Phi) is 20.0. The second kappa shape index (κ2) is 16.0. The number of hydrogen-bond donors (Lipinski definition) is 0. The van der Waals surface area contributed by atoms with Gasteiger partial charge in [0.25, 0.3) is 0 Å². The minimum absolute atomic E-state index is 0.264. The third-order valence-electron chi connectivity index (χ3n) is 1.08. The third kappa shape index (κ3) is 15.7. The highest BCUT2D eigenvalue weighted by molar-refractivity contribution is 4.36. The smallest absolute Gasteiger partial charge is 0.0876 e. The number of rotatable bonds is 5. The zero-order valence-electron chi connectivity index (χ0n) is 7.32. The molecule has 0 atom stereocenters. The Bertz CT molecular complexity index is 34.2. The minimum atomic E-state index is 0.264. The van der Waals surface area contributed by atoms with Gasteiger partial charge in [-0.1, -0.05) is 40.0 Å². The lowest BCUT2D eigenvalue weighted by atomic mass is 10.2.